The van der Waals surface area contributed by atoms with Crippen molar-refractivity contribution in [2.75, 3.05) is 27.9 Å². The van der Waals surface area contributed by atoms with Gasteiger partial charge in [0, 0.05) is 13.5 Å². The number of fused-ring (bicyclic) bond motifs is 1. The SMILES string of the molecule is COc1ccc([C@H]2c3cc(OC)c(OC)cc3CCN2C(=O)C(C)(C)OC(C)=O)cc1. The molecule has 0 spiro atoms. The van der Waals surface area contributed by atoms with Crippen LogP contribution in [0.1, 0.15) is 43.5 Å². The topological polar surface area (TPSA) is 74.3 Å². The summed E-state index contributed by atoms with van der Waals surface area (Å²) in [6.45, 7) is 5.01. The first kappa shape index (κ1) is 22.5. The van der Waals surface area contributed by atoms with Crippen LogP contribution >= 0.6 is 0 Å². The number of esters is 1. The van der Waals surface area contributed by atoms with E-state index in [1.54, 1.807) is 40.1 Å². The lowest BCUT2D eigenvalue weighted by Gasteiger charge is -2.41. The predicted octanol–water partition coefficient (Wildman–Crippen LogP) is 3.53. The highest BCUT2D eigenvalue weighted by Crippen LogP contribution is 2.42. The van der Waals surface area contributed by atoms with Gasteiger partial charge >= 0.3 is 5.97 Å². The summed E-state index contributed by atoms with van der Waals surface area (Å²) in [5.41, 5.74) is 1.65. The molecule has 1 amide bonds. The lowest BCUT2D eigenvalue weighted by Crippen LogP contribution is -2.51. The molecule has 31 heavy (non-hydrogen) atoms. The number of hydrogen-bond donors (Lipinski definition) is 0. The van der Waals surface area contributed by atoms with Crippen LogP contribution in [0.15, 0.2) is 36.4 Å². The van der Waals surface area contributed by atoms with Crippen molar-refractivity contribution in [1.82, 2.24) is 4.90 Å². The molecule has 1 aliphatic rings. The molecule has 0 radical (unpaired) electrons. The maximum Gasteiger partial charge on any atom is 0.303 e. The minimum Gasteiger partial charge on any atom is -0.497 e. The molecule has 3 rings (SSSR count). The molecule has 0 fully saturated rings. The third-order valence-corrected chi connectivity index (χ3v) is 5.48. The maximum atomic E-state index is 13.5. The molecule has 0 saturated carbocycles. The van der Waals surface area contributed by atoms with E-state index >= 15 is 0 Å². The van der Waals surface area contributed by atoms with Gasteiger partial charge in [-0.1, -0.05) is 12.1 Å². The van der Waals surface area contributed by atoms with Crippen molar-refractivity contribution < 1.29 is 28.5 Å². The van der Waals surface area contributed by atoms with Crippen LogP contribution in [-0.2, 0) is 20.7 Å². The summed E-state index contributed by atoms with van der Waals surface area (Å²) in [6, 6.07) is 11.1. The van der Waals surface area contributed by atoms with Gasteiger partial charge in [0.15, 0.2) is 17.1 Å². The van der Waals surface area contributed by atoms with E-state index in [2.05, 4.69) is 0 Å². The first-order valence-corrected chi connectivity index (χ1v) is 10.1. The number of ether oxygens (including phenoxy) is 4. The Hall–Kier alpha value is -3.22. The summed E-state index contributed by atoms with van der Waals surface area (Å²) in [7, 11) is 4.80. The minimum atomic E-state index is -1.29. The third kappa shape index (κ3) is 4.45. The van der Waals surface area contributed by atoms with Crippen LogP contribution in [0, 0.1) is 0 Å². The maximum absolute atomic E-state index is 13.5. The molecule has 166 valence electrons. The van der Waals surface area contributed by atoms with E-state index in [0.29, 0.717) is 24.5 Å². The number of amides is 1. The van der Waals surface area contributed by atoms with Crippen LogP contribution < -0.4 is 14.2 Å². The van der Waals surface area contributed by atoms with Crippen LogP contribution in [0.4, 0.5) is 0 Å². The zero-order valence-electron chi connectivity index (χ0n) is 18.9. The zero-order valence-corrected chi connectivity index (χ0v) is 18.9. The van der Waals surface area contributed by atoms with Crippen molar-refractivity contribution in [3.05, 3.63) is 53.1 Å². The second kappa shape index (κ2) is 8.88. The fourth-order valence-electron chi connectivity index (χ4n) is 4.06. The molecular formula is C24H29NO6. The van der Waals surface area contributed by atoms with Crippen molar-refractivity contribution in [1.29, 1.82) is 0 Å². The Morgan fingerprint density at radius 3 is 2.13 bits per heavy atom. The van der Waals surface area contributed by atoms with Gasteiger partial charge in [-0.05, 0) is 61.2 Å². The van der Waals surface area contributed by atoms with Crippen LogP contribution in [0.2, 0.25) is 0 Å². The van der Waals surface area contributed by atoms with Crippen molar-refractivity contribution in [2.45, 2.75) is 38.8 Å². The average Bonchev–Trinajstić information content (AvgIpc) is 2.75. The normalized spacial score (nSPS) is 15.7. The molecule has 0 unspecified atom stereocenters. The van der Waals surface area contributed by atoms with E-state index < -0.39 is 11.6 Å². The molecular weight excluding hydrogens is 398 g/mol. The Kier molecular flexibility index (Phi) is 6.43. The summed E-state index contributed by atoms with van der Waals surface area (Å²) in [5.74, 6) is 1.21. The molecule has 1 aliphatic heterocycles. The summed E-state index contributed by atoms with van der Waals surface area (Å²) in [4.78, 5) is 26.9. The molecule has 2 aromatic rings. The monoisotopic (exact) mass is 427 g/mol. The highest BCUT2D eigenvalue weighted by Gasteiger charge is 2.41. The molecule has 0 aromatic heterocycles. The number of methoxy groups -OCH3 is 3. The Labute approximate surface area is 182 Å². The summed E-state index contributed by atoms with van der Waals surface area (Å²) < 4.78 is 21.6. The quantitative estimate of drug-likeness (QED) is 0.657. The van der Waals surface area contributed by atoms with Gasteiger partial charge in [-0.15, -0.1) is 0 Å². The van der Waals surface area contributed by atoms with Gasteiger partial charge in [0.2, 0.25) is 0 Å². The summed E-state index contributed by atoms with van der Waals surface area (Å²) in [6.07, 6.45) is 0.643. The summed E-state index contributed by atoms with van der Waals surface area (Å²) >= 11 is 0. The molecule has 1 atom stereocenters. The largest absolute Gasteiger partial charge is 0.497 e. The van der Waals surface area contributed by atoms with Gasteiger partial charge in [-0.2, -0.15) is 0 Å². The molecule has 0 N–H and O–H groups in total. The zero-order chi connectivity index (χ0) is 22.8. The fraction of sp³-hybridized carbons (Fsp3) is 0.417. The minimum absolute atomic E-state index is 0.260. The molecule has 0 aliphatic carbocycles. The lowest BCUT2D eigenvalue weighted by atomic mass is 9.86. The lowest BCUT2D eigenvalue weighted by molar-refractivity contribution is -0.169. The number of carbonyl (C=O) groups excluding carboxylic acids is 2. The van der Waals surface area contributed by atoms with Gasteiger partial charge < -0.3 is 23.8 Å². The molecule has 7 nitrogen and oxygen atoms in total. The van der Waals surface area contributed by atoms with E-state index in [4.69, 9.17) is 18.9 Å². The van der Waals surface area contributed by atoms with E-state index in [9.17, 15) is 9.59 Å². The second-order valence-corrected chi connectivity index (χ2v) is 7.93. The van der Waals surface area contributed by atoms with Gasteiger partial charge in [-0.3, -0.25) is 9.59 Å². The Balaban J connectivity index is 2.13. The molecule has 7 heteroatoms. The smallest absolute Gasteiger partial charge is 0.303 e. The number of carbonyl (C=O) groups is 2. The van der Waals surface area contributed by atoms with Crippen molar-refractivity contribution in [2.24, 2.45) is 0 Å². The standard InChI is InChI=1S/C24H29NO6/c1-15(26)31-24(2,3)23(27)25-12-11-17-13-20(29-5)21(30-6)14-19(17)22(25)16-7-9-18(28-4)10-8-16/h7-10,13-14,22H,11-12H2,1-6H3/t22-/m0/s1. The Bertz CT molecular complexity index is 967. The van der Waals surface area contributed by atoms with Crippen molar-refractivity contribution >= 4 is 11.9 Å². The predicted molar refractivity (Wildman–Crippen MR) is 116 cm³/mol. The van der Waals surface area contributed by atoms with Gasteiger partial charge in [0.1, 0.15) is 5.75 Å². The van der Waals surface area contributed by atoms with E-state index in [1.807, 2.05) is 36.4 Å². The van der Waals surface area contributed by atoms with E-state index in [-0.39, 0.29) is 11.9 Å². The van der Waals surface area contributed by atoms with Crippen LogP contribution in [-0.4, -0.2) is 50.3 Å². The van der Waals surface area contributed by atoms with Gasteiger partial charge in [-0.25, -0.2) is 0 Å². The van der Waals surface area contributed by atoms with E-state index in [0.717, 1.165) is 22.4 Å². The highest BCUT2D eigenvalue weighted by atomic mass is 16.6. The van der Waals surface area contributed by atoms with Crippen LogP contribution in [0.3, 0.4) is 0 Å². The number of benzene rings is 2. The third-order valence-electron chi connectivity index (χ3n) is 5.48. The number of nitrogens with zero attached hydrogens (tertiary/aromatic N) is 1. The number of hydrogen-bond acceptors (Lipinski definition) is 6. The molecule has 1 heterocycles. The molecule has 2 aromatic carbocycles. The highest BCUT2D eigenvalue weighted by molar-refractivity contribution is 5.88. The van der Waals surface area contributed by atoms with Crippen LogP contribution in [0.5, 0.6) is 17.2 Å². The fourth-order valence-corrected chi connectivity index (χ4v) is 4.06. The van der Waals surface area contributed by atoms with E-state index in [1.165, 1.54) is 6.92 Å². The molecule has 0 bridgehead atoms. The van der Waals surface area contributed by atoms with Gasteiger partial charge in [0.05, 0.1) is 27.4 Å². The Morgan fingerprint density at radius 2 is 1.58 bits per heavy atom. The van der Waals surface area contributed by atoms with Crippen molar-refractivity contribution in [3.63, 3.8) is 0 Å². The van der Waals surface area contributed by atoms with Crippen molar-refractivity contribution in [3.8, 4) is 17.2 Å². The average molecular weight is 427 g/mol. The van der Waals surface area contributed by atoms with Gasteiger partial charge in [0.25, 0.3) is 5.91 Å². The summed E-state index contributed by atoms with van der Waals surface area (Å²) in [5, 5.41) is 0. The first-order chi connectivity index (χ1) is 14.7. The Morgan fingerprint density at radius 1 is 0.968 bits per heavy atom. The first-order valence-electron chi connectivity index (χ1n) is 10.1. The molecule has 0 saturated heterocycles. The van der Waals surface area contributed by atoms with Crippen LogP contribution in [0.25, 0.3) is 0 Å². The number of rotatable bonds is 6. The second-order valence-electron chi connectivity index (χ2n) is 7.93.